The van der Waals surface area contributed by atoms with Crippen molar-refractivity contribution in [3.63, 3.8) is 0 Å². The van der Waals surface area contributed by atoms with E-state index >= 15 is 0 Å². The molecule has 5 heteroatoms. The number of benzene rings is 1. The molecule has 1 aromatic rings. The number of carbonyl (C=O) groups excluding carboxylic acids is 2. The predicted molar refractivity (Wildman–Crippen MR) is 96.5 cm³/mol. The summed E-state index contributed by atoms with van der Waals surface area (Å²) in [6, 6.07) is 8.41. The highest BCUT2D eigenvalue weighted by Crippen LogP contribution is 2.32. The zero-order chi connectivity index (χ0) is 17.4. The van der Waals surface area contributed by atoms with Gasteiger partial charge in [0.2, 0.25) is 5.91 Å². The highest BCUT2D eigenvalue weighted by atomic mass is 16.2. The molecule has 3 saturated heterocycles. The third kappa shape index (κ3) is 3.17. The van der Waals surface area contributed by atoms with Crippen molar-refractivity contribution in [2.24, 2.45) is 5.92 Å². The number of nitrogens with zero attached hydrogens (tertiary/aromatic N) is 2. The van der Waals surface area contributed by atoms with Crippen LogP contribution in [0.15, 0.2) is 24.3 Å². The van der Waals surface area contributed by atoms with Crippen molar-refractivity contribution >= 4 is 11.8 Å². The third-order valence-corrected chi connectivity index (χ3v) is 6.30. The quantitative estimate of drug-likeness (QED) is 0.893. The Morgan fingerprint density at radius 2 is 1.84 bits per heavy atom. The van der Waals surface area contributed by atoms with Crippen LogP contribution in [0.2, 0.25) is 0 Å². The fourth-order valence-corrected chi connectivity index (χ4v) is 4.63. The Balaban J connectivity index is 1.43. The first-order chi connectivity index (χ1) is 12.1. The Morgan fingerprint density at radius 1 is 1.12 bits per heavy atom. The zero-order valence-electron chi connectivity index (χ0n) is 14.9. The second-order valence-electron chi connectivity index (χ2n) is 7.72. The minimum absolute atomic E-state index is 0.100. The lowest BCUT2D eigenvalue weighted by atomic mass is 9.89. The summed E-state index contributed by atoms with van der Waals surface area (Å²) in [5, 5.41) is 3.39. The van der Waals surface area contributed by atoms with E-state index in [9.17, 15) is 9.59 Å². The lowest BCUT2D eigenvalue weighted by Crippen LogP contribution is -2.49. The molecule has 1 N–H and O–H groups in total. The summed E-state index contributed by atoms with van der Waals surface area (Å²) in [6.45, 7) is 3.58. The molecule has 3 heterocycles. The molecule has 3 fully saturated rings. The average Bonchev–Trinajstić information content (AvgIpc) is 2.95. The van der Waals surface area contributed by atoms with Crippen molar-refractivity contribution in [2.45, 2.75) is 37.6 Å². The molecule has 0 unspecified atom stereocenters. The molecule has 0 aliphatic carbocycles. The van der Waals surface area contributed by atoms with E-state index in [1.54, 1.807) is 0 Å². The van der Waals surface area contributed by atoms with Crippen LogP contribution in [0.3, 0.4) is 0 Å². The van der Waals surface area contributed by atoms with Crippen LogP contribution in [-0.4, -0.2) is 60.9 Å². The van der Waals surface area contributed by atoms with Gasteiger partial charge in [0.15, 0.2) is 0 Å². The van der Waals surface area contributed by atoms with Gasteiger partial charge in [0.1, 0.15) is 0 Å². The smallest absolute Gasteiger partial charge is 0.253 e. The molecule has 134 valence electrons. The Hall–Kier alpha value is -1.88. The summed E-state index contributed by atoms with van der Waals surface area (Å²) in [5.74, 6) is 1.35. The molecular weight excluding hydrogens is 314 g/mol. The average molecular weight is 341 g/mol. The normalized spacial score (nSPS) is 27.5. The minimum Gasteiger partial charge on any atom is -0.341 e. The van der Waals surface area contributed by atoms with Gasteiger partial charge in [-0.05, 0) is 61.9 Å². The molecule has 3 aliphatic rings. The van der Waals surface area contributed by atoms with Gasteiger partial charge in [0.25, 0.3) is 5.91 Å². The van der Waals surface area contributed by atoms with Crippen molar-refractivity contribution in [1.82, 2.24) is 15.1 Å². The molecule has 25 heavy (non-hydrogen) atoms. The first kappa shape index (κ1) is 16.6. The van der Waals surface area contributed by atoms with E-state index < -0.39 is 0 Å². The van der Waals surface area contributed by atoms with Gasteiger partial charge in [-0.25, -0.2) is 0 Å². The number of amides is 2. The van der Waals surface area contributed by atoms with Crippen LogP contribution < -0.4 is 5.32 Å². The summed E-state index contributed by atoms with van der Waals surface area (Å²) in [5.41, 5.74) is 2.11. The first-order valence-corrected chi connectivity index (χ1v) is 9.49. The van der Waals surface area contributed by atoms with Gasteiger partial charge in [-0.2, -0.15) is 0 Å². The standard InChI is InChI=1S/C20H27N3O2/c1-22-18-13-23(11-8-17(18)12-19(22)24)20(25)16-4-2-14(3-5-16)15-6-9-21-10-7-15/h2-5,15,17-18,21H,6-13H2,1H3/t17-,18-/m1/s1. The maximum atomic E-state index is 12.9. The van der Waals surface area contributed by atoms with E-state index in [4.69, 9.17) is 0 Å². The van der Waals surface area contributed by atoms with Crippen molar-refractivity contribution in [2.75, 3.05) is 33.2 Å². The van der Waals surface area contributed by atoms with Crippen molar-refractivity contribution < 1.29 is 9.59 Å². The van der Waals surface area contributed by atoms with Crippen LogP contribution in [0.5, 0.6) is 0 Å². The number of fused-ring (bicyclic) bond motifs is 1. The second-order valence-corrected chi connectivity index (χ2v) is 7.72. The fraction of sp³-hybridized carbons (Fsp3) is 0.600. The number of piperidine rings is 2. The number of hydrogen-bond donors (Lipinski definition) is 1. The topological polar surface area (TPSA) is 52.7 Å². The molecule has 0 bridgehead atoms. The maximum Gasteiger partial charge on any atom is 0.253 e. The Bertz CT molecular complexity index is 651. The maximum absolute atomic E-state index is 12.9. The number of nitrogens with one attached hydrogen (secondary N) is 1. The van der Waals surface area contributed by atoms with Crippen LogP contribution in [-0.2, 0) is 4.79 Å². The van der Waals surface area contributed by atoms with Crippen LogP contribution >= 0.6 is 0 Å². The second kappa shape index (κ2) is 6.79. The fourth-order valence-electron chi connectivity index (χ4n) is 4.63. The number of hydrogen-bond acceptors (Lipinski definition) is 3. The number of likely N-dealkylation sites (tertiary alicyclic amines) is 2. The largest absolute Gasteiger partial charge is 0.341 e. The molecule has 3 aliphatic heterocycles. The summed E-state index contributed by atoms with van der Waals surface area (Å²) in [7, 11) is 1.87. The molecule has 0 spiro atoms. The number of carbonyl (C=O) groups is 2. The van der Waals surface area contributed by atoms with E-state index in [-0.39, 0.29) is 17.9 Å². The van der Waals surface area contributed by atoms with E-state index in [0.717, 1.165) is 31.6 Å². The monoisotopic (exact) mass is 341 g/mol. The first-order valence-electron chi connectivity index (χ1n) is 9.49. The molecule has 0 saturated carbocycles. The summed E-state index contributed by atoms with van der Waals surface area (Å²) < 4.78 is 0. The third-order valence-electron chi connectivity index (χ3n) is 6.30. The highest BCUT2D eigenvalue weighted by molar-refractivity contribution is 5.94. The molecule has 0 radical (unpaired) electrons. The Kier molecular flexibility index (Phi) is 4.50. The van der Waals surface area contributed by atoms with Crippen molar-refractivity contribution in [3.05, 3.63) is 35.4 Å². The van der Waals surface area contributed by atoms with Gasteiger partial charge < -0.3 is 15.1 Å². The van der Waals surface area contributed by atoms with Gasteiger partial charge >= 0.3 is 0 Å². The summed E-state index contributed by atoms with van der Waals surface area (Å²) in [6.07, 6.45) is 3.92. The molecule has 0 aromatic heterocycles. The SMILES string of the molecule is CN1C(=O)C[C@H]2CCN(C(=O)c3ccc(C4CCNCC4)cc3)C[C@H]21. The van der Waals surface area contributed by atoms with E-state index in [0.29, 0.717) is 24.8 Å². The van der Waals surface area contributed by atoms with E-state index in [1.165, 1.54) is 18.4 Å². The van der Waals surface area contributed by atoms with Crippen LogP contribution in [0.4, 0.5) is 0 Å². The minimum atomic E-state index is 0.100. The lowest BCUT2D eigenvalue weighted by Gasteiger charge is -2.37. The molecule has 2 atom stereocenters. The van der Waals surface area contributed by atoms with Gasteiger partial charge in [-0.1, -0.05) is 12.1 Å². The van der Waals surface area contributed by atoms with Crippen molar-refractivity contribution in [1.29, 1.82) is 0 Å². The number of rotatable bonds is 2. The van der Waals surface area contributed by atoms with Gasteiger partial charge in [0, 0.05) is 32.1 Å². The molecule has 5 nitrogen and oxygen atoms in total. The Labute approximate surface area is 149 Å². The Morgan fingerprint density at radius 3 is 2.56 bits per heavy atom. The summed E-state index contributed by atoms with van der Waals surface area (Å²) >= 11 is 0. The van der Waals surface area contributed by atoms with Crippen molar-refractivity contribution in [3.8, 4) is 0 Å². The van der Waals surface area contributed by atoms with Crippen LogP contribution in [0.25, 0.3) is 0 Å². The molecule has 4 rings (SSSR count). The summed E-state index contributed by atoms with van der Waals surface area (Å²) in [4.78, 5) is 28.5. The van der Waals surface area contributed by atoms with Gasteiger partial charge in [-0.3, -0.25) is 9.59 Å². The molecule has 2 amide bonds. The lowest BCUT2D eigenvalue weighted by molar-refractivity contribution is -0.127. The van der Waals surface area contributed by atoms with Crippen LogP contribution in [0.1, 0.15) is 47.5 Å². The van der Waals surface area contributed by atoms with Gasteiger partial charge in [-0.15, -0.1) is 0 Å². The van der Waals surface area contributed by atoms with Gasteiger partial charge in [0.05, 0.1) is 6.04 Å². The molecule has 1 aromatic carbocycles. The van der Waals surface area contributed by atoms with E-state index in [2.05, 4.69) is 17.4 Å². The number of likely N-dealkylation sites (N-methyl/N-ethyl adjacent to an activating group) is 1. The zero-order valence-corrected chi connectivity index (χ0v) is 14.9. The predicted octanol–water partition coefficient (Wildman–Crippen LogP) is 1.85. The highest BCUT2D eigenvalue weighted by Gasteiger charge is 2.42. The molecular formula is C20H27N3O2. The van der Waals surface area contributed by atoms with E-state index in [1.807, 2.05) is 29.0 Å². The van der Waals surface area contributed by atoms with Crippen LogP contribution in [0, 0.1) is 5.92 Å².